The van der Waals surface area contributed by atoms with Crippen molar-refractivity contribution in [3.8, 4) is 0 Å². The van der Waals surface area contributed by atoms with Gasteiger partial charge in [0.2, 0.25) is 0 Å². The third-order valence-corrected chi connectivity index (χ3v) is 0.940. The van der Waals surface area contributed by atoms with Crippen molar-refractivity contribution in [1.82, 2.24) is 0 Å². The van der Waals surface area contributed by atoms with E-state index in [1.54, 1.807) is 0 Å². The predicted molar refractivity (Wildman–Crippen MR) is 48.0 cm³/mol. The monoisotopic (exact) mass is 168 g/mol. The molecule has 0 spiro atoms. The van der Waals surface area contributed by atoms with Crippen LogP contribution in [0.1, 0.15) is 0 Å². The first-order valence-corrected chi connectivity index (χ1v) is 3.23. The maximum atomic E-state index is 9.00. The van der Waals surface area contributed by atoms with E-state index < -0.39 is 6.03 Å². The maximum absolute atomic E-state index is 9.00. The molecule has 0 saturated heterocycles. The summed E-state index contributed by atoms with van der Waals surface area (Å²) in [6.45, 7) is 0. The van der Waals surface area contributed by atoms with E-state index in [1.165, 1.54) is 0 Å². The molecule has 7 N–H and O–H groups in total. The van der Waals surface area contributed by atoms with Crippen LogP contribution >= 0.6 is 0 Å². The maximum Gasteiger partial charge on any atom is 0.309 e. The Balaban J connectivity index is 0.000000261. The van der Waals surface area contributed by atoms with Gasteiger partial charge in [0.1, 0.15) is 0 Å². The van der Waals surface area contributed by atoms with Gasteiger partial charge in [0.15, 0.2) is 0 Å². The highest BCUT2D eigenvalue weighted by molar-refractivity contribution is 5.69. The van der Waals surface area contributed by atoms with Crippen LogP contribution in [0.15, 0.2) is 30.3 Å². The number of anilines is 1. The molecule has 0 unspecified atom stereocenters. The van der Waals surface area contributed by atoms with Crippen molar-refractivity contribution in [3.63, 3.8) is 0 Å². The van der Waals surface area contributed by atoms with Crippen LogP contribution in [-0.4, -0.2) is 6.03 Å². The molecular weight excluding hydrogens is 156 g/mol. The topological polar surface area (TPSA) is 107 Å². The molecule has 66 valence electrons. The van der Waals surface area contributed by atoms with Crippen LogP contribution in [0.2, 0.25) is 0 Å². The summed E-state index contributed by atoms with van der Waals surface area (Å²) < 4.78 is 0. The number of urea groups is 1. The molecule has 0 radical (unpaired) electrons. The molecule has 0 heterocycles. The van der Waals surface area contributed by atoms with E-state index in [2.05, 4.69) is 16.9 Å². The smallest absolute Gasteiger partial charge is 0.309 e. The molecule has 5 heteroatoms. The van der Waals surface area contributed by atoms with E-state index in [0.717, 1.165) is 5.69 Å². The van der Waals surface area contributed by atoms with Crippen LogP contribution in [0, 0.1) is 0 Å². The number of nitrogens with one attached hydrogen (secondary N) is 1. The summed E-state index contributed by atoms with van der Waals surface area (Å²) in [5.41, 5.74) is 12.0. The Morgan fingerprint density at radius 3 is 1.83 bits per heavy atom. The molecule has 0 fully saturated rings. The summed E-state index contributed by atoms with van der Waals surface area (Å²) in [7, 11) is 0. The average molecular weight is 168 g/mol. The highest BCUT2D eigenvalue weighted by atomic mass is 16.2. The Morgan fingerprint density at radius 2 is 1.58 bits per heavy atom. The van der Waals surface area contributed by atoms with Crippen molar-refractivity contribution < 1.29 is 4.79 Å². The molecule has 1 rings (SSSR count). The molecular formula is C7H12N4O. The van der Waals surface area contributed by atoms with Gasteiger partial charge in [0, 0.05) is 5.69 Å². The fourth-order valence-corrected chi connectivity index (χ4v) is 0.534. The number of hydrogen-bond donors (Lipinski definition) is 4. The second-order valence-corrected chi connectivity index (χ2v) is 1.91. The minimum atomic E-state index is -0.833. The zero-order valence-corrected chi connectivity index (χ0v) is 6.53. The lowest BCUT2D eigenvalue weighted by Gasteiger charge is -1.94. The van der Waals surface area contributed by atoms with Gasteiger partial charge in [-0.1, -0.05) is 18.2 Å². The van der Waals surface area contributed by atoms with Crippen LogP contribution in [0.3, 0.4) is 0 Å². The van der Waals surface area contributed by atoms with E-state index >= 15 is 0 Å². The number of hydrazine groups is 1. The Bertz CT molecular complexity index is 220. The van der Waals surface area contributed by atoms with Crippen molar-refractivity contribution in [2.24, 2.45) is 17.3 Å². The minimum absolute atomic E-state index is 0.833. The number of primary amides is 2. The zero-order valence-electron chi connectivity index (χ0n) is 6.53. The Morgan fingerprint density at radius 1 is 1.17 bits per heavy atom. The van der Waals surface area contributed by atoms with Gasteiger partial charge in [-0.15, -0.1) is 0 Å². The molecule has 1 aromatic rings. The van der Waals surface area contributed by atoms with Gasteiger partial charge in [-0.05, 0) is 12.1 Å². The van der Waals surface area contributed by atoms with Gasteiger partial charge in [0.05, 0.1) is 0 Å². The number of nitrogen functional groups attached to an aromatic ring is 1. The summed E-state index contributed by atoms with van der Waals surface area (Å²) in [4.78, 5) is 9.00. The molecule has 0 aliphatic heterocycles. The summed E-state index contributed by atoms with van der Waals surface area (Å²) in [6.07, 6.45) is 0. The highest BCUT2D eigenvalue weighted by Crippen LogP contribution is 2.00. The summed E-state index contributed by atoms with van der Waals surface area (Å²) >= 11 is 0. The van der Waals surface area contributed by atoms with E-state index in [4.69, 9.17) is 10.6 Å². The number of para-hydroxylation sites is 1. The van der Waals surface area contributed by atoms with Gasteiger partial charge in [0.25, 0.3) is 0 Å². The third-order valence-electron chi connectivity index (χ3n) is 0.940. The van der Waals surface area contributed by atoms with Crippen molar-refractivity contribution in [3.05, 3.63) is 30.3 Å². The van der Waals surface area contributed by atoms with Gasteiger partial charge >= 0.3 is 6.03 Å². The predicted octanol–water partition coefficient (Wildman–Crippen LogP) is -0.00400. The van der Waals surface area contributed by atoms with E-state index in [1.807, 2.05) is 30.3 Å². The van der Waals surface area contributed by atoms with Crippen molar-refractivity contribution in [1.29, 1.82) is 0 Å². The van der Waals surface area contributed by atoms with E-state index in [-0.39, 0.29) is 0 Å². The first-order valence-electron chi connectivity index (χ1n) is 3.23. The van der Waals surface area contributed by atoms with Crippen molar-refractivity contribution in [2.45, 2.75) is 0 Å². The van der Waals surface area contributed by atoms with Crippen LogP contribution < -0.4 is 22.7 Å². The Kier molecular flexibility index (Phi) is 5.12. The van der Waals surface area contributed by atoms with Gasteiger partial charge in [-0.25, -0.2) is 4.79 Å². The Labute approximate surface area is 70.5 Å². The van der Waals surface area contributed by atoms with E-state index in [0.29, 0.717) is 0 Å². The minimum Gasteiger partial charge on any atom is -0.352 e. The average Bonchev–Trinajstić information content (AvgIpc) is 2.05. The number of rotatable bonds is 1. The number of hydrogen-bond acceptors (Lipinski definition) is 3. The number of carbonyl (C=O) groups excluding carboxylic acids is 1. The molecule has 1 aromatic carbocycles. The summed E-state index contributed by atoms with van der Waals surface area (Å²) in [6, 6.07) is 8.77. The van der Waals surface area contributed by atoms with Crippen LogP contribution in [0.25, 0.3) is 0 Å². The number of benzene rings is 1. The lowest BCUT2D eigenvalue weighted by molar-refractivity contribution is 0.256. The molecule has 2 amide bonds. The standard InChI is InChI=1S/C6H8N2.CH4N2O/c7-8-6-4-2-1-3-5-6;2-1(3)4/h1-5,8H,7H2;(H4,2,3,4). The van der Waals surface area contributed by atoms with Crippen molar-refractivity contribution in [2.75, 3.05) is 5.43 Å². The number of nitrogens with two attached hydrogens (primary N) is 3. The molecule has 0 bridgehead atoms. The first kappa shape index (κ1) is 10.2. The second kappa shape index (κ2) is 5.99. The molecule has 12 heavy (non-hydrogen) atoms. The SMILES string of the molecule is NC(N)=O.NNc1ccccc1. The second-order valence-electron chi connectivity index (χ2n) is 1.91. The van der Waals surface area contributed by atoms with Crippen molar-refractivity contribution >= 4 is 11.7 Å². The molecule has 0 aliphatic rings. The largest absolute Gasteiger partial charge is 0.352 e. The van der Waals surface area contributed by atoms with Gasteiger partial charge < -0.3 is 16.9 Å². The number of amides is 2. The van der Waals surface area contributed by atoms with Gasteiger partial charge in [-0.2, -0.15) is 0 Å². The molecule has 0 atom stereocenters. The fraction of sp³-hybridized carbons (Fsp3) is 0. The fourth-order valence-electron chi connectivity index (χ4n) is 0.534. The third kappa shape index (κ3) is 6.37. The lowest BCUT2D eigenvalue weighted by atomic mass is 10.3. The summed E-state index contributed by atoms with van der Waals surface area (Å²) in [5.74, 6) is 5.10. The highest BCUT2D eigenvalue weighted by Gasteiger charge is 1.78. The quantitative estimate of drug-likeness (QED) is 0.350. The van der Waals surface area contributed by atoms with Crippen LogP contribution in [-0.2, 0) is 0 Å². The zero-order chi connectivity index (χ0) is 9.40. The van der Waals surface area contributed by atoms with Crippen LogP contribution in [0.5, 0.6) is 0 Å². The van der Waals surface area contributed by atoms with Gasteiger partial charge in [-0.3, -0.25) is 5.84 Å². The normalized spacial score (nSPS) is 7.75. The first-order chi connectivity index (χ1) is 5.66. The lowest BCUT2D eigenvalue weighted by Crippen LogP contribution is -2.18. The van der Waals surface area contributed by atoms with E-state index in [9.17, 15) is 0 Å². The molecule has 0 saturated carbocycles. The summed E-state index contributed by atoms with van der Waals surface area (Å²) in [5, 5.41) is 0. The molecule has 5 nitrogen and oxygen atoms in total. The Hall–Kier alpha value is -1.75. The number of carbonyl (C=O) groups is 1. The molecule has 0 aliphatic carbocycles. The molecule has 0 aromatic heterocycles. The van der Waals surface area contributed by atoms with Crippen LogP contribution in [0.4, 0.5) is 10.5 Å².